The van der Waals surface area contributed by atoms with E-state index in [2.05, 4.69) is 12.2 Å². The molecule has 0 amide bonds. The zero-order chi connectivity index (χ0) is 10.5. The second-order valence-corrected chi connectivity index (χ2v) is 5.80. The van der Waals surface area contributed by atoms with Gasteiger partial charge in [0.15, 0.2) is 0 Å². The number of halogens is 1. The van der Waals surface area contributed by atoms with Crippen LogP contribution in [0.5, 0.6) is 0 Å². The van der Waals surface area contributed by atoms with E-state index in [-0.39, 0.29) is 10.7 Å². The van der Waals surface area contributed by atoms with Gasteiger partial charge in [0.05, 0.1) is 4.87 Å². The van der Waals surface area contributed by atoms with Gasteiger partial charge in [0.2, 0.25) is 0 Å². The highest BCUT2D eigenvalue weighted by molar-refractivity contribution is 8.00. The minimum atomic E-state index is -0.109. The van der Waals surface area contributed by atoms with Crippen molar-refractivity contribution in [1.82, 2.24) is 5.32 Å². The number of rotatable bonds is 0. The number of thioether (sulfide) groups is 1. The normalized spacial score (nSPS) is 33.6. The first-order chi connectivity index (χ1) is 7.20. The van der Waals surface area contributed by atoms with Gasteiger partial charge in [0.1, 0.15) is 5.82 Å². The molecule has 1 saturated heterocycles. The van der Waals surface area contributed by atoms with Gasteiger partial charge in [-0.3, -0.25) is 5.32 Å². The third kappa shape index (κ3) is 1.41. The fourth-order valence-corrected chi connectivity index (χ4v) is 4.16. The van der Waals surface area contributed by atoms with Crippen LogP contribution < -0.4 is 5.32 Å². The highest BCUT2D eigenvalue weighted by atomic mass is 32.2. The molecule has 3 heteroatoms. The second kappa shape index (κ2) is 3.22. The molecule has 1 nitrogen and oxygen atoms in total. The molecule has 0 bridgehead atoms. The monoisotopic (exact) mass is 223 g/mol. The van der Waals surface area contributed by atoms with Crippen molar-refractivity contribution in [2.24, 2.45) is 0 Å². The summed E-state index contributed by atoms with van der Waals surface area (Å²) in [6.07, 6.45) is 2.10. The van der Waals surface area contributed by atoms with E-state index in [9.17, 15) is 4.39 Å². The molecule has 2 aliphatic rings. The summed E-state index contributed by atoms with van der Waals surface area (Å²) in [4.78, 5) is 0.0858. The molecule has 0 saturated carbocycles. The molecule has 1 N–H and O–H groups in total. The van der Waals surface area contributed by atoms with Crippen LogP contribution in [-0.4, -0.2) is 11.8 Å². The average Bonchev–Trinajstić information content (AvgIpc) is 2.73. The Balaban J connectivity index is 2.04. The maximum atomic E-state index is 13.1. The lowest BCUT2D eigenvalue weighted by atomic mass is 10.1. The number of aryl methyl sites for hydroxylation is 1. The summed E-state index contributed by atoms with van der Waals surface area (Å²) < 4.78 is 13.1. The van der Waals surface area contributed by atoms with E-state index in [0.717, 1.165) is 18.6 Å². The molecule has 0 radical (unpaired) electrons. The van der Waals surface area contributed by atoms with Crippen LogP contribution in [0.3, 0.4) is 0 Å². The highest BCUT2D eigenvalue weighted by Crippen LogP contribution is 2.48. The third-order valence-electron chi connectivity index (χ3n) is 3.31. The van der Waals surface area contributed by atoms with Gasteiger partial charge in [-0.25, -0.2) is 4.39 Å². The van der Waals surface area contributed by atoms with Crippen LogP contribution in [0.15, 0.2) is 18.2 Å². The molecule has 1 spiro atoms. The van der Waals surface area contributed by atoms with Crippen LogP contribution in [0.2, 0.25) is 0 Å². The molecule has 1 aromatic carbocycles. The molecule has 0 aromatic heterocycles. The fourth-order valence-electron chi connectivity index (χ4n) is 2.66. The molecule has 2 unspecified atom stereocenters. The molecule has 1 aliphatic heterocycles. The molecule has 1 fully saturated rings. The Hall–Kier alpha value is -0.540. The van der Waals surface area contributed by atoms with Crippen LogP contribution in [-0.2, 0) is 11.3 Å². The van der Waals surface area contributed by atoms with E-state index < -0.39 is 0 Å². The molecular formula is C12H14FNS. The minimum absolute atomic E-state index is 0.0858. The minimum Gasteiger partial charge on any atom is -0.296 e. The van der Waals surface area contributed by atoms with Gasteiger partial charge in [-0.05, 0) is 43.0 Å². The SMILES string of the molecule is CC1CSC2(CCc3cc(F)ccc32)N1. The first-order valence-corrected chi connectivity index (χ1v) is 6.39. The zero-order valence-corrected chi connectivity index (χ0v) is 9.53. The van der Waals surface area contributed by atoms with E-state index in [1.807, 2.05) is 17.8 Å². The summed E-state index contributed by atoms with van der Waals surface area (Å²) in [6.45, 7) is 2.21. The number of hydrogen-bond donors (Lipinski definition) is 1. The lowest BCUT2D eigenvalue weighted by molar-refractivity contribution is 0.465. The summed E-state index contributed by atoms with van der Waals surface area (Å²) in [6, 6.07) is 5.79. The largest absolute Gasteiger partial charge is 0.296 e. The molecule has 15 heavy (non-hydrogen) atoms. The van der Waals surface area contributed by atoms with Crippen molar-refractivity contribution in [1.29, 1.82) is 0 Å². The summed E-state index contributed by atoms with van der Waals surface area (Å²) in [5, 5.41) is 3.65. The predicted octanol–water partition coefficient (Wildman–Crippen LogP) is 2.65. The molecule has 1 heterocycles. The predicted molar refractivity (Wildman–Crippen MR) is 61.5 cm³/mol. The Morgan fingerprint density at radius 3 is 3.13 bits per heavy atom. The van der Waals surface area contributed by atoms with Crippen LogP contribution in [0.25, 0.3) is 0 Å². The molecule has 1 aromatic rings. The topological polar surface area (TPSA) is 12.0 Å². The molecule has 1 aliphatic carbocycles. The van der Waals surface area contributed by atoms with Crippen LogP contribution in [0.4, 0.5) is 4.39 Å². The smallest absolute Gasteiger partial charge is 0.123 e. The summed E-state index contributed by atoms with van der Waals surface area (Å²) in [5.41, 5.74) is 2.49. The van der Waals surface area contributed by atoms with Gasteiger partial charge >= 0.3 is 0 Å². The van der Waals surface area contributed by atoms with Crippen LogP contribution in [0.1, 0.15) is 24.5 Å². The van der Waals surface area contributed by atoms with Gasteiger partial charge in [0, 0.05) is 11.8 Å². The van der Waals surface area contributed by atoms with E-state index in [0.29, 0.717) is 6.04 Å². The van der Waals surface area contributed by atoms with E-state index in [1.54, 1.807) is 12.1 Å². The van der Waals surface area contributed by atoms with E-state index in [4.69, 9.17) is 0 Å². The lowest BCUT2D eigenvalue weighted by Crippen LogP contribution is -2.36. The van der Waals surface area contributed by atoms with Crippen LogP contribution >= 0.6 is 11.8 Å². The number of nitrogens with one attached hydrogen (secondary N) is 1. The first kappa shape index (κ1) is 9.67. The maximum Gasteiger partial charge on any atom is 0.123 e. The Morgan fingerprint density at radius 2 is 2.40 bits per heavy atom. The lowest BCUT2D eigenvalue weighted by Gasteiger charge is -2.25. The van der Waals surface area contributed by atoms with Gasteiger partial charge in [-0.1, -0.05) is 6.07 Å². The Morgan fingerprint density at radius 1 is 1.53 bits per heavy atom. The summed E-state index contributed by atoms with van der Waals surface area (Å²) in [7, 11) is 0. The van der Waals surface area contributed by atoms with Crippen LogP contribution in [0, 0.1) is 5.82 Å². The number of hydrogen-bond acceptors (Lipinski definition) is 2. The third-order valence-corrected chi connectivity index (χ3v) is 5.01. The Bertz CT molecular complexity index is 407. The van der Waals surface area contributed by atoms with Gasteiger partial charge in [-0.15, -0.1) is 11.8 Å². The first-order valence-electron chi connectivity index (χ1n) is 5.40. The standard InChI is InChI=1S/C12H14FNS/c1-8-7-15-12(14-8)5-4-9-6-10(13)2-3-11(9)12/h2-3,6,8,14H,4-5,7H2,1H3. The zero-order valence-electron chi connectivity index (χ0n) is 8.72. The quantitative estimate of drug-likeness (QED) is 0.725. The molecular weight excluding hydrogens is 209 g/mol. The maximum absolute atomic E-state index is 13.1. The van der Waals surface area contributed by atoms with Crippen molar-refractivity contribution in [2.75, 3.05) is 5.75 Å². The van der Waals surface area contributed by atoms with Crippen molar-refractivity contribution >= 4 is 11.8 Å². The molecule has 2 atom stereocenters. The van der Waals surface area contributed by atoms with Crippen molar-refractivity contribution in [3.63, 3.8) is 0 Å². The van der Waals surface area contributed by atoms with E-state index in [1.165, 1.54) is 11.1 Å². The van der Waals surface area contributed by atoms with Crippen molar-refractivity contribution in [3.8, 4) is 0 Å². The van der Waals surface area contributed by atoms with Crippen molar-refractivity contribution in [2.45, 2.75) is 30.7 Å². The van der Waals surface area contributed by atoms with Gasteiger partial charge < -0.3 is 0 Å². The van der Waals surface area contributed by atoms with Crippen molar-refractivity contribution in [3.05, 3.63) is 35.1 Å². The Kier molecular flexibility index (Phi) is 2.08. The van der Waals surface area contributed by atoms with Crippen molar-refractivity contribution < 1.29 is 4.39 Å². The fraction of sp³-hybridized carbons (Fsp3) is 0.500. The second-order valence-electron chi connectivity index (χ2n) is 4.48. The van der Waals surface area contributed by atoms with Gasteiger partial charge in [-0.2, -0.15) is 0 Å². The molecule has 3 rings (SSSR count). The highest BCUT2D eigenvalue weighted by Gasteiger charge is 2.43. The average molecular weight is 223 g/mol. The Labute approximate surface area is 93.4 Å². The number of fused-ring (bicyclic) bond motifs is 2. The van der Waals surface area contributed by atoms with E-state index >= 15 is 0 Å². The van der Waals surface area contributed by atoms with Gasteiger partial charge in [0.25, 0.3) is 0 Å². The summed E-state index contributed by atoms with van der Waals surface area (Å²) in [5.74, 6) is 1.04. The summed E-state index contributed by atoms with van der Waals surface area (Å²) >= 11 is 1.98. The number of benzene rings is 1. The molecule has 80 valence electrons.